The highest BCUT2D eigenvalue weighted by Gasteiger charge is 2.05. The van der Waals surface area contributed by atoms with Gasteiger partial charge in [-0.1, -0.05) is 36.4 Å². The molecule has 1 aromatic heterocycles. The second-order valence-corrected chi connectivity index (χ2v) is 4.64. The maximum atomic E-state index is 5.39. The first-order chi connectivity index (χ1) is 9.38. The Bertz CT molecular complexity index is 670. The van der Waals surface area contributed by atoms with E-state index in [2.05, 4.69) is 53.2 Å². The van der Waals surface area contributed by atoms with Crippen molar-refractivity contribution in [2.24, 2.45) is 0 Å². The molecule has 0 saturated heterocycles. The van der Waals surface area contributed by atoms with Gasteiger partial charge in [0.15, 0.2) is 0 Å². The zero-order chi connectivity index (χ0) is 13.1. The molecule has 2 nitrogen and oxygen atoms in total. The summed E-state index contributed by atoms with van der Waals surface area (Å²) in [6.07, 6.45) is 3.18. The van der Waals surface area contributed by atoms with Crippen LogP contribution in [-0.4, -0.2) is 11.7 Å². The predicted molar refractivity (Wildman–Crippen MR) is 78.6 cm³/mol. The van der Waals surface area contributed by atoms with Gasteiger partial charge in [0.25, 0.3) is 0 Å². The third-order valence-corrected chi connectivity index (χ3v) is 3.48. The summed E-state index contributed by atoms with van der Waals surface area (Å²) in [6, 6.07) is 18.9. The molecule has 0 fully saturated rings. The third kappa shape index (κ3) is 2.34. The highest BCUT2D eigenvalue weighted by atomic mass is 16.5. The third-order valence-electron chi connectivity index (χ3n) is 3.48. The topological polar surface area (TPSA) is 14.2 Å². The second-order valence-electron chi connectivity index (χ2n) is 4.64. The number of aryl methyl sites for hydroxylation is 2. The zero-order valence-electron chi connectivity index (χ0n) is 11.0. The molecule has 19 heavy (non-hydrogen) atoms. The molecule has 0 unspecified atom stereocenters. The molecule has 0 amide bonds. The van der Waals surface area contributed by atoms with Crippen molar-refractivity contribution >= 4 is 10.9 Å². The number of rotatable bonds is 4. The summed E-state index contributed by atoms with van der Waals surface area (Å²) in [6.45, 7) is 0.987. The number of ether oxygens (including phenoxy) is 1. The van der Waals surface area contributed by atoms with E-state index in [4.69, 9.17) is 4.74 Å². The van der Waals surface area contributed by atoms with E-state index in [1.165, 1.54) is 16.5 Å². The van der Waals surface area contributed by atoms with E-state index in [0.717, 1.165) is 18.7 Å². The molecule has 0 radical (unpaired) electrons. The summed E-state index contributed by atoms with van der Waals surface area (Å²) < 4.78 is 7.67. The number of hydrogen-bond acceptors (Lipinski definition) is 1. The van der Waals surface area contributed by atoms with Crippen molar-refractivity contribution in [1.82, 2.24) is 4.57 Å². The lowest BCUT2D eigenvalue weighted by atomic mass is 10.1. The van der Waals surface area contributed by atoms with E-state index in [9.17, 15) is 0 Å². The minimum absolute atomic E-state index is 0.941. The van der Waals surface area contributed by atoms with Gasteiger partial charge in [-0.15, -0.1) is 0 Å². The molecule has 0 bridgehead atoms. The maximum absolute atomic E-state index is 5.39. The summed E-state index contributed by atoms with van der Waals surface area (Å²) >= 11 is 0. The molecule has 1 heterocycles. The first kappa shape index (κ1) is 11.8. The number of hydrogen-bond donors (Lipinski definition) is 0. The van der Waals surface area contributed by atoms with Crippen molar-refractivity contribution in [2.45, 2.75) is 13.0 Å². The van der Waals surface area contributed by atoms with Gasteiger partial charge in [0.1, 0.15) is 5.75 Å². The lowest BCUT2D eigenvalue weighted by Gasteiger charge is -2.07. The van der Waals surface area contributed by atoms with Gasteiger partial charge in [-0.05, 0) is 30.2 Å². The van der Waals surface area contributed by atoms with Crippen LogP contribution in [0, 0.1) is 0 Å². The van der Waals surface area contributed by atoms with Crippen LogP contribution in [0.4, 0.5) is 0 Å². The number of benzene rings is 2. The van der Waals surface area contributed by atoms with Gasteiger partial charge in [0.2, 0.25) is 0 Å². The highest BCUT2D eigenvalue weighted by Crippen LogP contribution is 2.26. The largest absolute Gasteiger partial charge is 0.496 e. The predicted octanol–water partition coefficient (Wildman–Crippen LogP) is 3.89. The van der Waals surface area contributed by atoms with Crippen LogP contribution in [0.25, 0.3) is 10.9 Å². The molecule has 0 aliphatic rings. The molecule has 96 valence electrons. The lowest BCUT2D eigenvalue weighted by Crippen LogP contribution is -1.99. The number of nitrogens with zero attached hydrogens (tertiary/aromatic N) is 1. The SMILES string of the molecule is COc1cccc2c1ccn2CCc1ccccc1. The van der Waals surface area contributed by atoms with E-state index < -0.39 is 0 Å². The van der Waals surface area contributed by atoms with Crippen molar-refractivity contribution in [3.05, 3.63) is 66.4 Å². The molecule has 0 N–H and O–H groups in total. The van der Waals surface area contributed by atoms with Gasteiger partial charge in [-0.3, -0.25) is 0 Å². The van der Waals surface area contributed by atoms with Gasteiger partial charge in [-0.2, -0.15) is 0 Å². The Hall–Kier alpha value is -2.22. The molecule has 3 rings (SSSR count). The summed E-state index contributed by atoms with van der Waals surface area (Å²) in [5, 5.41) is 1.18. The first-order valence-corrected chi connectivity index (χ1v) is 6.54. The Morgan fingerprint density at radius 2 is 1.79 bits per heavy atom. The molecule has 0 saturated carbocycles. The van der Waals surface area contributed by atoms with Gasteiger partial charge < -0.3 is 9.30 Å². The minimum atomic E-state index is 0.941. The number of aromatic nitrogens is 1. The van der Waals surface area contributed by atoms with Gasteiger partial charge in [-0.25, -0.2) is 0 Å². The van der Waals surface area contributed by atoms with Crippen LogP contribution in [0.15, 0.2) is 60.8 Å². The zero-order valence-corrected chi connectivity index (χ0v) is 11.0. The van der Waals surface area contributed by atoms with Gasteiger partial charge in [0.05, 0.1) is 12.6 Å². The van der Waals surface area contributed by atoms with Crippen LogP contribution in [0.3, 0.4) is 0 Å². The monoisotopic (exact) mass is 251 g/mol. The molecule has 0 spiro atoms. The average Bonchev–Trinajstić information content (AvgIpc) is 2.89. The summed E-state index contributed by atoms with van der Waals surface area (Å²) in [4.78, 5) is 0. The Balaban J connectivity index is 1.86. The molecule has 0 atom stereocenters. The van der Waals surface area contributed by atoms with Crippen LogP contribution in [-0.2, 0) is 13.0 Å². The van der Waals surface area contributed by atoms with Crippen molar-refractivity contribution in [3.63, 3.8) is 0 Å². The molecule has 3 aromatic rings. The molecule has 0 aliphatic carbocycles. The Morgan fingerprint density at radius 1 is 0.947 bits per heavy atom. The minimum Gasteiger partial charge on any atom is -0.496 e. The van der Waals surface area contributed by atoms with Crippen LogP contribution in [0.1, 0.15) is 5.56 Å². The average molecular weight is 251 g/mol. The summed E-state index contributed by atoms with van der Waals surface area (Å²) in [5.41, 5.74) is 2.60. The first-order valence-electron chi connectivity index (χ1n) is 6.54. The van der Waals surface area contributed by atoms with E-state index >= 15 is 0 Å². The van der Waals surface area contributed by atoms with E-state index in [1.807, 2.05) is 12.1 Å². The van der Waals surface area contributed by atoms with Crippen LogP contribution in [0.2, 0.25) is 0 Å². The number of methoxy groups -OCH3 is 1. The smallest absolute Gasteiger partial charge is 0.128 e. The summed E-state index contributed by atoms with van der Waals surface area (Å²) in [5.74, 6) is 0.941. The highest BCUT2D eigenvalue weighted by molar-refractivity contribution is 5.86. The van der Waals surface area contributed by atoms with Crippen LogP contribution in [0.5, 0.6) is 5.75 Å². The Morgan fingerprint density at radius 3 is 2.58 bits per heavy atom. The van der Waals surface area contributed by atoms with Crippen molar-refractivity contribution in [2.75, 3.05) is 7.11 Å². The van der Waals surface area contributed by atoms with Gasteiger partial charge in [0, 0.05) is 18.1 Å². The van der Waals surface area contributed by atoms with E-state index in [0.29, 0.717) is 0 Å². The standard InChI is InChI=1S/C17H17NO/c1-19-17-9-5-8-16-15(17)11-13-18(16)12-10-14-6-3-2-4-7-14/h2-9,11,13H,10,12H2,1H3. The fourth-order valence-electron chi connectivity index (χ4n) is 2.46. The van der Waals surface area contributed by atoms with E-state index in [-0.39, 0.29) is 0 Å². The summed E-state index contributed by atoms with van der Waals surface area (Å²) in [7, 11) is 1.72. The lowest BCUT2D eigenvalue weighted by molar-refractivity contribution is 0.420. The Kier molecular flexibility index (Phi) is 3.23. The maximum Gasteiger partial charge on any atom is 0.128 e. The normalized spacial score (nSPS) is 10.8. The fraction of sp³-hybridized carbons (Fsp3) is 0.176. The quantitative estimate of drug-likeness (QED) is 0.686. The fourth-order valence-corrected chi connectivity index (χ4v) is 2.46. The van der Waals surface area contributed by atoms with Crippen molar-refractivity contribution in [1.29, 1.82) is 0 Å². The molecular weight excluding hydrogens is 234 g/mol. The van der Waals surface area contributed by atoms with Crippen molar-refractivity contribution in [3.8, 4) is 5.75 Å². The number of fused-ring (bicyclic) bond motifs is 1. The van der Waals surface area contributed by atoms with Crippen LogP contribution >= 0.6 is 0 Å². The van der Waals surface area contributed by atoms with Crippen LogP contribution < -0.4 is 4.74 Å². The van der Waals surface area contributed by atoms with Gasteiger partial charge >= 0.3 is 0 Å². The molecular formula is C17H17NO. The second kappa shape index (κ2) is 5.19. The Labute approximate surface area is 113 Å². The molecule has 2 heteroatoms. The van der Waals surface area contributed by atoms with Crippen molar-refractivity contribution < 1.29 is 4.74 Å². The molecule has 0 aliphatic heterocycles. The van der Waals surface area contributed by atoms with E-state index in [1.54, 1.807) is 7.11 Å². The molecule has 2 aromatic carbocycles.